The van der Waals surface area contributed by atoms with Crippen LogP contribution in [0.3, 0.4) is 0 Å². The molecule has 1 rings (SSSR count). The minimum Gasteiger partial charge on any atom is -0.351 e. The summed E-state index contributed by atoms with van der Waals surface area (Å²) < 4.78 is 0. The Bertz CT molecular complexity index is 372. The fraction of sp³-hybridized carbons (Fsp3) is 0.417. The fourth-order valence-electron chi connectivity index (χ4n) is 1.47. The number of hydrogen-bond acceptors (Lipinski definition) is 1. The first-order valence-electron chi connectivity index (χ1n) is 5.07. The monoisotopic (exact) mass is 206 g/mol. The first-order valence-corrected chi connectivity index (χ1v) is 5.07. The van der Waals surface area contributed by atoms with Crippen molar-refractivity contribution in [2.75, 3.05) is 11.9 Å². The summed E-state index contributed by atoms with van der Waals surface area (Å²) in [5, 5.41) is 0. The lowest BCUT2D eigenvalue weighted by atomic mass is 10.0. The number of urea groups is 1. The Labute approximate surface area is 90.9 Å². The maximum Gasteiger partial charge on any atom is 0.319 e. The van der Waals surface area contributed by atoms with E-state index >= 15 is 0 Å². The molecule has 0 radical (unpaired) electrons. The maximum atomic E-state index is 11.1. The Morgan fingerprint density at radius 2 is 2.00 bits per heavy atom. The molecule has 0 unspecified atom stereocenters. The molecule has 0 saturated heterocycles. The zero-order valence-electron chi connectivity index (χ0n) is 9.74. The van der Waals surface area contributed by atoms with Gasteiger partial charge in [0.1, 0.15) is 0 Å². The van der Waals surface area contributed by atoms with E-state index in [1.807, 2.05) is 19.1 Å². The number of carbonyl (C=O) groups is 1. The Hall–Kier alpha value is -1.51. The molecule has 3 nitrogen and oxygen atoms in total. The Morgan fingerprint density at radius 1 is 1.40 bits per heavy atom. The summed E-state index contributed by atoms with van der Waals surface area (Å²) in [4.78, 5) is 12.6. The van der Waals surface area contributed by atoms with Gasteiger partial charge >= 0.3 is 6.03 Å². The van der Waals surface area contributed by atoms with E-state index in [4.69, 9.17) is 5.73 Å². The average Bonchev–Trinajstić information content (AvgIpc) is 2.16. The molecule has 3 heteroatoms. The van der Waals surface area contributed by atoms with Gasteiger partial charge in [0.2, 0.25) is 0 Å². The van der Waals surface area contributed by atoms with Crippen LogP contribution in [0.1, 0.15) is 30.9 Å². The number of nitrogens with zero attached hydrogens (tertiary/aromatic N) is 1. The van der Waals surface area contributed by atoms with Crippen molar-refractivity contribution in [2.24, 2.45) is 5.73 Å². The molecule has 2 amide bonds. The molecule has 82 valence electrons. The van der Waals surface area contributed by atoms with E-state index in [9.17, 15) is 4.79 Å². The lowest BCUT2D eigenvalue weighted by molar-refractivity contribution is 0.255. The number of anilines is 1. The number of amides is 2. The minimum absolute atomic E-state index is 0.431. The molecule has 0 aliphatic carbocycles. The Kier molecular flexibility index (Phi) is 3.35. The highest BCUT2D eigenvalue weighted by atomic mass is 16.2. The molecule has 1 aromatic carbocycles. The molecule has 0 aliphatic heterocycles. The molecule has 0 heterocycles. The van der Waals surface area contributed by atoms with Crippen molar-refractivity contribution in [2.45, 2.75) is 26.7 Å². The third-order valence-corrected chi connectivity index (χ3v) is 2.59. The SMILES string of the molecule is Cc1ccc(C(C)C)cc1N(C)C(N)=O. The molecule has 1 aromatic rings. The van der Waals surface area contributed by atoms with Crippen LogP contribution in [0.15, 0.2) is 18.2 Å². The van der Waals surface area contributed by atoms with Gasteiger partial charge in [0.25, 0.3) is 0 Å². The van der Waals surface area contributed by atoms with Gasteiger partial charge in [-0.2, -0.15) is 0 Å². The van der Waals surface area contributed by atoms with Crippen LogP contribution in [-0.4, -0.2) is 13.1 Å². The number of hydrogen-bond donors (Lipinski definition) is 1. The second kappa shape index (κ2) is 4.34. The smallest absolute Gasteiger partial charge is 0.319 e. The van der Waals surface area contributed by atoms with Gasteiger partial charge in [-0.05, 0) is 30.0 Å². The quantitative estimate of drug-likeness (QED) is 0.794. The Morgan fingerprint density at radius 3 is 2.47 bits per heavy atom. The first-order chi connectivity index (χ1) is 6.93. The number of benzene rings is 1. The predicted octanol–water partition coefficient (Wildman–Crippen LogP) is 2.63. The van der Waals surface area contributed by atoms with E-state index in [2.05, 4.69) is 19.9 Å². The van der Waals surface area contributed by atoms with Gasteiger partial charge in [0.05, 0.1) is 0 Å². The molecule has 0 fully saturated rings. The van der Waals surface area contributed by atoms with Crippen molar-refractivity contribution in [1.29, 1.82) is 0 Å². The fourth-order valence-corrected chi connectivity index (χ4v) is 1.47. The van der Waals surface area contributed by atoms with Crippen molar-refractivity contribution in [3.8, 4) is 0 Å². The van der Waals surface area contributed by atoms with E-state index in [1.165, 1.54) is 10.5 Å². The average molecular weight is 206 g/mol. The van der Waals surface area contributed by atoms with Gasteiger partial charge < -0.3 is 5.73 Å². The van der Waals surface area contributed by atoms with Gasteiger partial charge in [0.15, 0.2) is 0 Å². The van der Waals surface area contributed by atoms with Crippen molar-refractivity contribution >= 4 is 11.7 Å². The Balaban J connectivity index is 3.16. The summed E-state index contributed by atoms with van der Waals surface area (Å²) in [5.74, 6) is 0.450. The maximum absolute atomic E-state index is 11.1. The normalized spacial score (nSPS) is 10.5. The van der Waals surface area contributed by atoms with Gasteiger partial charge in [-0.1, -0.05) is 26.0 Å². The van der Waals surface area contributed by atoms with Crippen LogP contribution in [0.25, 0.3) is 0 Å². The van der Waals surface area contributed by atoms with Crippen LogP contribution in [0.5, 0.6) is 0 Å². The van der Waals surface area contributed by atoms with Gasteiger partial charge in [-0.25, -0.2) is 4.79 Å². The number of nitrogens with two attached hydrogens (primary N) is 1. The van der Waals surface area contributed by atoms with Crippen LogP contribution in [0.2, 0.25) is 0 Å². The summed E-state index contributed by atoms with van der Waals surface area (Å²) >= 11 is 0. The number of carbonyl (C=O) groups excluding carboxylic acids is 1. The number of aryl methyl sites for hydroxylation is 1. The van der Waals surface area contributed by atoms with Crippen molar-refractivity contribution in [1.82, 2.24) is 0 Å². The van der Waals surface area contributed by atoms with Crippen LogP contribution >= 0.6 is 0 Å². The molecule has 0 spiro atoms. The zero-order valence-corrected chi connectivity index (χ0v) is 9.74. The molecule has 0 atom stereocenters. The summed E-state index contributed by atoms with van der Waals surface area (Å²) in [7, 11) is 1.69. The molecule has 0 bridgehead atoms. The summed E-state index contributed by atoms with van der Waals surface area (Å²) in [6.07, 6.45) is 0. The van der Waals surface area contributed by atoms with Crippen molar-refractivity contribution in [3.05, 3.63) is 29.3 Å². The highest BCUT2D eigenvalue weighted by Crippen LogP contribution is 2.24. The zero-order chi connectivity index (χ0) is 11.6. The van der Waals surface area contributed by atoms with Crippen LogP contribution < -0.4 is 10.6 Å². The highest BCUT2D eigenvalue weighted by Gasteiger charge is 2.10. The van der Waals surface area contributed by atoms with E-state index in [0.29, 0.717) is 5.92 Å². The number of rotatable bonds is 2. The third kappa shape index (κ3) is 2.49. The molecule has 15 heavy (non-hydrogen) atoms. The van der Waals surface area contributed by atoms with E-state index < -0.39 is 6.03 Å². The molecule has 0 aliphatic rings. The van der Waals surface area contributed by atoms with E-state index in [-0.39, 0.29) is 0 Å². The molecule has 0 aromatic heterocycles. The largest absolute Gasteiger partial charge is 0.351 e. The molecule has 2 N–H and O–H groups in total. The van der Waals surface area contributed by atoms with E-state index in [1.54, 1.807) is 7.05 Å². The highest BCUT2D eigenvalue weighted by molar-refractivity contribution is 5.91. The van der Waals surface area contributed by atoms with Crippen LogP contribution in [0, 0.1) is 6.92 Å². The van der Waals surface area contributed by atoms with Crippen LogP contribution in [-0.2, 0) is 0 Å². The van der Waals surface area contributed by atoms with Crippen LogP contribution in [0.4, 0.5) is 10.5 Å². The van der Waals surface area contributed by atoms with Gasteiger partial charge in [0, 0.05) is 12.7 Å². The number of primary amides is 1. The third-order valence-electron chi connectivity index (χ3n) is 2.59. The molecule has 0 saturated carbocycles. The summed E-state index contributed by atoms with van der Waals surface area (Å²) in [5.41, 5.74) is 8.40. The lowest BCUT2D eigenvalue weighted by Crippen LogP contribution is -2.32. The second-order valence-corrected chi connectivity index (χ2v) is 4.10. The van der Waals surface area contributed by atoms with Crippen molar-refractivity contribution in [3.63, 3.8) is 0 Å². The topological polar surface area (TPSA) is 46.3 Å². The van der Waals surface area contributed by atoms with E-state index in [0.717, 1.165) is 11.3 Å². The summed E-state index contributed by atoms with van der Waals surface area (Å²) in [6, 6.07) is 5.69. The predicted molar refractivity (Wildman–Crippen MR) is 63.3 cm³/mol. The standard InChI is InChI=1S/C12H18N2O/c1-8(2)10-6-5-9(3)11(7-10)14(4)12(13)15/h5-8H,1-4H3,(H2,13,15). The molecular weight excluding hydrogens is 188 g/mol. The summed E-state index contributed by atoms with van der Waals surface area (Å²) in [6.45, 7) is 6.22. The first kappa shape index (κ1) is 11.6. The van der Waals surface area contributed by atoms with Crippen molar-refractivity contribution < 1.29 is 4.79 Å². The van der Waals surface area contributed by atoms with Gasteiger partial charge in [-0.3, -0.25) is 4.90 Å². The van der Waals surface area contributed by atoms with Gasteiger partial charge in [-0.15, -0.1) is 0 Å². The molecular formula is C12H18N2O. The lowest BCUT2D eigenvalue weighted by Gasteiger charge is -2.19. The second-order valence-electron chi connectivity index (χ2n) is 4.10. The minimum atomic E-state index is -0.431.